The van der Waals surface area contributed by atoms with Gasteiger partial charge in [0.2, 0.25) is 0 Å². The molecule has 134 valence electrons. The molecule has 6 nitrogen and oxygen atoms in total. The van der Waals surface area contributed by atoms with Crippen molar-refractivity contribution in [1.29, 1.82) is 0 Å². The van der Waals surface area contributed by atoms with Crippen LogP contribution in [0, 0.1) is 5.92 Å². The van der Waals surface area contributed by atoms with Gasteiger partial charge < -0.3 is 19.7 Å². The molecule has 1 aromatic carbocycles. The third-order valence-corrected chi connectivity index (χ3v) is 4.20. The topological polar surface area (TPSA) is 54.0 Å². The summed E-state index contributed by atoms with van der Waals surface area (Å²) < 4.78 is 10.7. The molecule has 1 saturated heterocycles. The number of ether oxygens (including phenoxy) is 2. The van der Waals surface area contributed by atoms with Gasteiger partial charge in [-0.2, -0.15) is 0 Å². The zero-order valence-corrected chi connectivity index (χ0v) is 15.2. The number of nitrogens with zero attached hydrogens (tertiary/aromatic N) is 2. The number of carbonyl (C=O) groups excluding carboxylic acids is 1. The number of amides is 2. The molecule has 0 spiro atoms. The minimum absolute atomic E-state index is 0.0438. The van der Waals surface area contributed by atoms with Gasteiger partial charge in [0.25, 0.3) is 0 Å². The van der Waals surface area contributed by atoms with Crippen molar-refractivity contribution in [2.45, 2.75) is 20.4 Å². The molecule has 0 saturated carbocycles. The molecule has 6 heteroatoms. The van der Waals surface area contributed by atoms with E-state index in [1.165, 1.54) is 0 Å². The number of hydrogen-bond acceptors (Lipinski definition) is 4. The number of nitrogens with one attached hydrogen (secondary N) is 1. The molecule has 1 fully saturated rings. The lowest BCUT2D eigenvalue weighted by molar-refractivity contribution is 0.134. The fourth-order valence-corrected chi connectivity index (χ4v) is 2.76. The van der Waals surface area contributed by atoms with Gasteiger partial charge >= 0.3 is 6.03 Å². The highest BCUT2D eigenvalue weighted by Gasteiger charge is 2.22. The molecule has 1 N–H and O–H groups in total. The third kappa shape index (κ3) is 5.03. The normalized spacial score (nSPS) is 15.5. The first-order valence-electron chi connectivity index (χ1n) is 8.49. The average Bonchev–Trinajstić information content (AvgIpc) is 2.60. The maximum atomic E-state index is 12.1. The van der Waals surface area contributed by atoms with Crippen LogP contribution in [0.5, 0.6) is 11.5 Å². The summed E-state index contributed by atoms with van der Waals surface area (Å²) in [6.07, 6.45) is 0. The Balaban J connectivity index is 1.88. The first-order valence-corrected chi connectivity index (χ1v) is 8.49. The Labute approximate surface area is 144 Å². The van der Waals surface area contributed by atoms with E-state index >= 15 is 0 Å². The van der Waals surface area contributed by atoms with Crippen LogP contribution in [0.3, 0.4) is 0 Å². The van der Waals surface area contributed by atoms with Crippen molar-refractivity contribution in [2.75, 3.05) is 46.9 Å². The monoisotopic (exact) mass is 335 g/mol. The Morgan fingerprint density at radius 2 is 1.88 bits per heavy atom. The fourth-order valence-electron chi connectivity index (χ4n) is 2.76. The van der Waals surface area contributed by atoms with Gasteiger partial charge in [0.15, 0.2) is 0 Å². The molecule has 1 aromatic rings. The SMILES string of the molecule is COc1ccc(OC)c(CN2CCN(C(=O)NCC(C)C)CC2)c1. The van der Waals surface area contributed by atoms with Gasteiger partial charge in [-0.3, -0.25) is 4.90 Å². The number of urea groups is 1. The Morgan fingerprint density at radius 1 is 1.17 bits per heavy atom. The van der Waals surface area contributed by atoms with E-state index in [1.54, 1.807) is 14.2 Å². The molecule has 24 heavy (non-hydrogen) atoms. The fraction of sp³-hybridized carbons (Fsp3) is 0.611. The van der Waals surface area contributed by atoms with Crippen LogP contribution in [0.1, 0.15) is 19.4 Å². The Morgan fingerprint density at radius 3 is 2.46 bits per heavy atom. The molecule has 2 rings (SSSR count). The summed E-state index contributed by atoms with van der Waals surface area (Å²) in [6, 6.07) is 5.89. The highest BCUT2D eigenvalue weighted by molar-refractivity contribution is 5.74. The van der Waals surface area contributed by atoms with Crippen molar-refractivity contribution < 1.29 is 14.3 Å². The van der Waals surface area contributed by atoms with Crippen LogP contribution in [-0.2, 0) is 6.54 Å². The van der Waals surface area contributed by atoms with Gasteiger partial charge in [0.1, 0.15) is 11.5 Å². The smallest absolute Gasteiger partial charge is 0.317 e. The van der Waals surface area contributed by atoms with E-state index in [9.17, 15) is 4.79 Å². The van der Waals surface area contributed by atoms with E-state index in [0.717, 1.165) is 56.3 Å². The summed E-state index contributed by atoms with van der Waals surface area (Å²) in [5.74, 6) is 2.17. The number of methoxy groups -OCH3 is 2. The molecule has 0 atom stereocenters. The van der Waals surface area contributed by atoms with Crippen LogP contribution in [0.4, 0.5) is 4.79 Å². The molecule has 0 bridgehead atoms. The molecular formula is C18H29N3O3. The molecule has 0 aliphatic carbocycles. The van der Waals surface area contributed by atoms with Crippen LogP contribution < -0.4 is 14.8 Å². The average molecular weight is 335 g/mol. The standard InChI is InChI=1S/C18H29N3O3/c1-14(2)12-19-18(22)21-9-7-20(8-10-21)13-15-11-16(23-3)5-6-17(15)24-4/h5-6,11,14H,7-10,12-13H2,1-4H3,(H,19,22). The van der Waals surface area contributed by atoms with Gasteiger partial charge in [0, 0.05) is 44.8 Å². The maximum Gasteiger partial charge on any atom is 0.317 e. The summed E-state index contributed by atoms with van der Waals surface area (Å²) in [7, 11) is 3.35. The van der Waals surface area contributed by atoms with Crippen LogP contribution in [0.25, 0.3) is 0 Å². The summed E-state index contributed by atoms with van der Waals surface area (Å²) in [4.78, 5) is 16.3. The Hall–Kier alpha value is -1.95. The van der Waals surface area contributed by atoms with Crippen molar-refractivity contribution >= 4 is 6.03 Å². The quantitative estimate of drug-likeness (QED) is 0.866. The first kappa shape index (κ1) is 18.4. The van der Waals surface area contributed by atoms with Gasteiger partial charge in [0.05, 0.1) is 14.2 Å². The number of piperazine rings is 1. The Kier molecular flexibility index (Phi) is 6.73. The van der Waals surface area contributed by atoms with E-state index in [1.807, 2.05) is 23.1 Å². The van der Waals surface area contributed by atoms with E-state index < -0.39 is 0 Å². The predicted octanol–water partition coefficient (Wildman–Crippen LogP) is 2.19. The molecule has 1 heterocycles. The lowest BCUT2D eigenvalue weighted by Crippen LogP contribution is -2.51. The summed E-state index contributed by atoms with van der Waals surface area (Å²) >= 11 is 0. The second-order valence-electron chi connectivity index (χ2n) is 6.52. The highest BCUT2D eigenvalue weighted by atomic mass is 16.5. The van der Waals surface area contributed by atoms with Crippen LogP contribution in [0.2, 0.25) is 0 Å². The minimum Gasteiger partial charge on any atom is -0.497 e. The van der Waals surface area contributed by atoms with Crippen molar-refractivity contribution in [3.63, 3.8) is 0 Å². The van der Waals surface area contributed by atoms with Crippen molar-refractivity contribution in [3.8, 4) is 11.5 Å². The lowest BCUT2D eigenvalue weighted by Gasteiger charge is -2.35. The van der Waals surface area contributed by atoms with Gasteiger partial charge in [-0.25, -0.2) is 4.79 Å². The number of carbonyl (C=O) groups is 1. The number of hydrogen-bond donors (Lipinski definition) is 1. The third-order valence-electron chi connectivity index (χ3n) is 4.20. The molecule has 1 aliphatic heterocycles. The van der Waals surface area contributed by atoms with Crippen molar-refractivity contribution in [2.24, 2.45) is 5.92 Å². The zero-order chi connectivity index (χ0) is 17.5. The Bertz CT molecular complexity index is 540. The second-order valence-corrected chi connectivity index (χ2v) is 6.52. The predicted molar refractivity (Wildman–Crippen MR) is 94.6 cm³/mol. The largest absolute Gasteiger partial charge is 0.497 e. The molecule has 0 aromatic heterocycles. The maximum absolute atomic E-state index is 12.1. The van der Waals surface area contributed by atoms with E-state index in [4.69, 9.17) is 9.47 Å². The van der Waals surface area contributed by atoms with E-state index in [-0.39, 0.29) is 6.03 Å². The van der Waals surface area contributed by atoms with Crippen molar-refractivity contribution in [1.82, 2.24) is 15.1 Å². The first-order chi connectivity index (χ1) is 11.5. The molecule has 1 aliphatic rings. The van der Waals surface area contributed by atoms with Crippen molar-refractivity contribution in [3.05, 3.63) is 23.8 Å². The van der Waals surface area contributed by atoms with Gasteiger partial charge in [-0.05, 0) is 24.1 Å². The molecule has 2 amide bonds. The molecule has 0 unspecified atom stereocenters. The minimum atomic E-state index is 0.0438. The summed E-state index contributed by atoms with van der Waals surface area (Å²) in [5.41, 5.74) is 1.11. The van der Waals surface area contributed by atoms with E-state index in [0.29, 0.717) is 5.92 Å². The number of rotatable bonds is 6. The number of benzene rings is 1. The summed E-state index contributed by atoms with van der Waals surface area (Å²) in [5, 5.41) is 2.98. The highest BCUT2D eigenvalue weighted by Crippen LogP contribution is 2.25. The summed E-state index contributed by atoms with van der Waals surface area (Å²) in [6.45, 7) is 8.92. The zero-order valence-electron chi connectivity index (χ0n) is 15.2. The van der Waals surface area contributed by atoms with Gasteiger partial charge in [-0.15, -0.1) is 0 Å². The molecular weight excluding hydrogens is 306 g/mol. The lowest BCUT2D eigenvalue weighted by atomic mass is 10.1. The van der Waals surface area contributed by atoms with Crippen LogP contribution in [-0.4, -0.2) is 62.8 Å². The molecule has 0 radical (unpaired) electrons. The van der Waals surface area contributed by atoms with Crippen LogP contribution >= 0.6 is 0 Å². The van der Waals surface area contributed by atoms with Crippen LogP contribution in [0.15, 0.2) is 18.2 Å². The van der Waals surface area contributed by atoms with E-state index in [2.05, 4.69) is 24.1 Å². The van der Waals surface area contributed by atoms with Gasteiger partial charge in [-0.1, -0.05) is 13.8 Å². The second kappa shape index (κ2) is 8.78.